The zero-order valence-electron chi connectivity index (χ0n) is 9.48. The van der Waals surface area contributed by atoms with Crippen molar-refractivity contribution in [1.82, 2.24) is 9.80 Å². The predicted octanol–water partition coefficient (Wildman–Crippen LogP) is 1.72. The number of thioether (sulfide) groups is 1. The van der Waals surface area contributed by atoms with Crippen LogP contribution in [0.25, 0.3) is 0 Å². The summed E-state index contributed by atoms with van der Waals surface area (Å²) < 4.78 is 1.02. The zero-order valence-corrected chi connectivity index (χ0v) is 11.1. The molecule has 3 nitrogen and oxygen atoms in total. The molecule has 0 saturated carbocycles. The molecule has 0 bridgehead atoms. The fourth-order valence-electron chi connectivity index (χ4n) is 2.17. The summed E-state index contributed by atoms with van der Waals surface area (Å²) >= 11 is 7.09. The van der Waals surface area contributed by atoms with E-state index in [0.29, 0.717) is 5.91 Å². The second-order valence-electron chi connectivity index (χ2n) is 4.29. The smallest absolute Gasteiger partial charge is 0.222 e. The van der Waals surface area contributed by atoms with Crippen LogP contribution in [-0.2, 0) is 4.79 Å². The molecule has 90 valence electrons. The van der Waals surface area contributed by atoms with E-state index in [1.165, 1.54) is 12.8 Å². The zero-order chi connectivity index (χ0) is 11.4. The van der Waals surface area contributed by atoms with Crippen LogP contribution in [0, 0.1) is 0 Å². The first kappa shape index (κ1) is 12.2. The quantitative estimate of drug-likeness (QED) is 0.719. The van der Waals surface area contributed by atoms with Gasteiger partial charge < -0.3 is 9.80 Å². The van der Waals surface area contributed by atoms with Crippen molar-refractivity contribution in [3.8, 4) is 0 Å². The van der Waals surface area contributed by atoms with Crippen LogP contribution >= 0.6 is 24.0 Å². The summed E-state index contributed by atoms with van der Waals surface area (Å²) in [6.07, 6.45) is 4.30. The van der Waals surface area contributed by atoms with Crippen molar-refractivity contribution in [1.29, 1.82) is 0 Å². The van der Waals surface area contributed by atoms with E-state index in [9.17, 15) is 4.79 Å². The first-order chi connectivity index (χ1) is 7.77. The summed E-state index contributed by atoms with van der Waals surface area (Å²) in [5, 5.41) is 0. The first-order valence-electron chi connectivity index (χ1n) is 5.97. The number of carbonyl (C=O) groups excluding carboxylic acids is 1. The Hall–Kier alpha value is -0.290. The Morgan fingerprint density at radius 3 is 2.62 bits per heavy atom. The van der Waals surface area contributed by atoms with Gasteiger partial charge in [0.25, 0.3) is 0 Å². The van der Waals surface area contributed by atoms with E-state index in [4.69, 9.17) is 12.2 Å². The lowest BCUT2D eigenvalue weighted by atomic mass is 10.4. The van der Waals surface area contributed by atoms with Gasteiger partial charge in [-0.05, 0) is 19.3 Å². The number of nitrogens with zero attached hydrogens (tertiary/aromatic N) is 2. The first-order valence-corrected chi connectivity index (χ1v) is 7.36. The molecule has 5 heteroatoms. The van der Waals surface area contributed by atoms with E-state index in [2.05, 4.69) is 4.90 Å². The van der Waals surface area contributed by atoms with Crippen molar-refractivity contribution in [2.24, 2.45) is 0 Å². The highest BCUT2D eigenvalue weighted by Crippen LogP contribution is 2.17. The molecule has 0 unspecified atom stereocenters. The van der Waals surface area contributed by atoms with Crippen LogP contribution in [0.2, 0.25) is 0 Å². The molecule has 0 aromatic rings. The summed E-state index contributed by atoms with van der Waals surface area (Å²) in [4.78, 5) is 15.6. The van der Waals surface area contributed by atoms with Crippen LogP contribution in [0.15, 0.2) is 0 Å². The lowest BCUT2D eigenvalue weighted by molar-refractivity contribution is -0.127. The van der Waals surface area contributed by atoms with Crippen molar-refractivity contribution in [3.63, 3.8) is 0 Å². The van der Waals surface area contributed by atoms with Crippen LogP contribution in [0.1, 0.15) is 25.7 Å². The topological polar surface area (TPSA) is 23.6 Å². The largest absolute Gasteiger partial charge is 0.358 e. The minimum atomic E-state index is 0.313. The average Bonchev–Trinajstić information content (AvgIpc) is 2.90. The lowest BCUT2D eigenvalue weighted by Gasteiger charge is -2.19. The number of amides is 1. The standard InChI is InChI=1S/C11H18N2OS2/c14-10-4-3-7-12(10)8-9-16-11(15)13-5-1-2-6-13/h1-9H2. The molecule has 0 radical (unpaired) electrons. The van der Waals surface area contributed by atoms with Crippen molar-refractivity contribution >= 4 is 34.2 Å². The fourth-order valence-corrected chi connectivity index (χ4v) is 3.46. The fraction of sp³-hybridized carbons (Fsp3) is 0.818. The maximum atomic E-state index is 11.4. The molecule has 2 heterocycles. The van der Waals surface area contributed by atoms with E-state index < -0.39 is 0 Å². The maximum absolute atomic E-state index is 11.4. The monoisotopic (exact) mass is 258 g/mol. The minimum Gasteiger partial charge on any atom is -0.358 e. The molecule has 16 heavy (non-hydrogen) atoms. The highest BCUT2D eigenvalue weighted by Gasteiger charge is 2.20. The predicted molar refractivity (Wildman–Crippen MR) is 71.7 cm³/mol. The van der Waals surface area contributed by atoms with E-state index in [1.54, 1.807) is 11.8 Å². The molecular weight excluding hydrogens is 240 g/mol. The lowest BCUT2D eigenvalue weighted by Crippen LogP contribution is -2.29. The van der Waals surface area contributed by atoms with Gasteiger partial charge in [0.1, 0.15) is 4.32 Å². The Kier molecular flexibility index (Phi) is 4.46. The molecule has 2 fully saturated rings. The number of rotatable bonds is 3. The SMILES string of the molecule is O=C1CCCN1CCSC(=S)N1CCCC1. The molecule has 0 aromatic heterocycles. The Balaban J connectivity index is 1.63. The number of carbonyl (C=O) groups is 1. The Bertz CT molecular complexity index is 277. The van der Waals surface area contributed by atoms with Crippen molar-refractivity contribution in [2.75, 3.05) is 31.9 Å². The molecule has 0 spiro atoms. The van der Waals surface area contributed by atoms with Gasteiger partial charge in [0, 0.05) is 38.4 Å². The molecule has 0 N–H and O–H groups in total. The van der Waals surface area contributed by atoms with Crippen molar-refractivity contribution < 1.29 is 4.79 Å². The number of thiocarbonyl (C=S) groups is 1. The van der Waals surface area contributed by atoms with Crippen LogP contribution in [0.5, 0.6) is 0 Å². The van der Waals surface area contributed by atoms with E-state index in [-0.39, 0.29) is 0 Å². The second kappa shape index (κ2) is 5.87. The summed E-state index contributed by atoms with van der Waals surface area (Å²) in [7, 11) is 0. The third-order valence-corrected chi connectivity index (χ3v) is 4.63. The normalized spacial score (nSPS) is 20.9. The molecule has 2 aliphatic heterocycles. The van der Waals surface area contributed by atoms with Crippen LogP contribution in [0.4, 0.5) is 0 Å². The third-order valence-electron chi connectivity index (χ3n) is 3.12. The summed E-state index contributed by atoms with van der Waals surface area (Å²) in [5.74, 6) is 1.26. The van der Waals surface area contributed by atoms with Gasteiger partial charge in [-0.15, -0.1) is 0 Å². The Morgan fingerprint density at radius 1 is 1.25 bits per heavy atom. The molecule has 0 atom stereocenters. The summed E-state index contributed by atoms with van der Waals surface area (Å²) in [5.41, 5.74) is 0. The second-order valence-corrected chi connectivity index (χ2v) is 6.02. The average molecular weight is 258 g/mol. The van der Waals surface area contributed by atoms with E-state index in [0.717, 1.165) is 49.1 Å². The summed E-state index contributed by atoms with van der Waals surface area (Å²) in [6, 6.07) is 0. The number of likely N-dealkylation sites (tertiary alicyclic amines) is 2. The van der Waals surface area contributed by atoms with Gasteiger partial charge in [0.15, 0.2) is 0 Å². The number of hydrogen-bond acceptors (Lipinski definition) is 3. The van der Waals surface area contributed by atoms with Gasteiger partial charge in [-0.25, -0.2) is 0 Å². The molecule has 2 rings (SSSR count). The maximum Gasteiger partial charge on any atom is 0.222 e. The highest BCUT2D eigenvalue weighted by atomic mass is 32.2. The Morgan fingerprint density at radius 2 is 2.00 bits per heavy atom. The third kappa shape index (κ3) is 3.10. The molecule has 0 aliphatic carbocycles. The molecule has 1 amide bonds. The molecule has 2 aliphatic rings. The minimum absolute atomic E-state index is 0.313. The van der Waals surface area contributed by atoms with Gasteiger partial charge in [0.05, 0.1) is 0 Å². The molecule has 0 aromatic carbocycles. The van der Waals surface area contributed by atoms with Crippen LogP contribution < -0.4 is 0 Å². The van der Waals surface area contributed by atoms with Crippen LogP contribution in [-0.4, -0.2) is 52.0 Å². The highest BCUT2D eigenvalue weighted by molar-refractivity contribution is 8.22. The van der Waals surface area contributed by atoms with Gasteiger partial charge in [-0.3, -0.25) is 4.79 Å². The molecule has 2 saturated heterocycles. The summed E-state index contributed by atoms with van der Waals surface area (Å²) in [6.45, 7) is 4.04. The van der Waals surface area contributed by atoms with Crippen molar-refractivity contribution in [3.05, 3.63) is 0 Å². The van der Waals surface area contributed by atoms with Crippen LogP contribution in [0.3, 0.4) is 0 Å². The van der Waals surface area contributed by atoms with Crippen molar-refractivity contribution in [2.45, 2.75) is 25.7 Å². The molecular formula is C11H18N2OS2. The van der Waals surface area contributed by atoms with E-state index >= 15 is 0 Å². The van der Waals surface area contributed by atoms with Gasteiger partial charge in [-0.1, -0.05) is 24.0 Å². The van der Waals surface area contributed by atoms with Gasteiger partial charge >= 0.3 is 0 Å². The Labute approximate surface area is 107 Å². The number of hydrogen-bond donors (Lipinski definition) is 0. The van der Waals surface area contributed by atoms with Gasteiger partial charge in [-0.2, -0.15) is 0 Å². The van der Waals surface area contributed by atoms with E-state index in [1.807, 2.05) is 4.90 Å². The van der Waals surface area contributed by atoms with Gasteiger partial charge in [0.2, 0.25) is 5.91 Å².